The second-order valence-electron chi connectivity index (χ2n) is 10.4. The number of halogens is 1. The summed E-state index contributed by atoms with van der Waals surface area (Å²) in [6.07, 6.45) is 3.21. The lowest BCUT2D eigenvalue weighted by Gasteiger charge is -2.23. The lowest BCUT2D eigenvalue weighted by atomic mass is 10.0. The minimum Gasteiger partial charge on any atom is -0.473 e. The number of nitrogens with one attached hydrogen (secondary N) is 2. The quantitative estimate of drug-likeness (QED) is 0.283. The van der Waals surface area contributed by atoms with Crippen LogP contribution in [0.25, 0.3) is 10.9 Å². The van der Waals surface area contributed by atoms with Crippen LogP contribution in [0.3, 0.4) is 0 Å². The number of rotatable bonds is 8. The Balaban J connectivity index is 1.49. The Morgan fingerprint density at radius 2 is 1.95 bits per heavy atom. The lowest BCUT2D eigenvalue weighted by molar-refractivity contribution is 0.0977. The highest BCUT2D eigenvalue weighted by Gasteiger charge is 2.29. The molecule has 42 heavy (non-hydrogen) atoms. The minimum atomic E-state index is -3.83. The van der Waals surface area contributed by atoms with Crippen LogP contribution in [-0.4, -0.2) is 64.1 Å². The minimum absolute atomic E-state index is 0.0268. The molecule has 3 aromatic heterocycles. The fourth-order valence-electron chi connectivity index (χ4n) is 5.06. The normalized spacial score (nSPS) is 16.0. The molecule has 0 unspecified atom stereocenters. The van der Waals surface area contributed by atoms with Crippen LogP contribution in [-0.2, 0) is 24.1 Å². The van der Waals surface area contributed by atoms with Gasteiger partial charge < -0.3 is 15.0 Å². The van der Waals surface area contributed by atoms with Crippen molar-refractivity contribution in [1.29, 1.82) is 0 Å². The Hall–Kier alpha value is -4.17. The van der Waals surface area contributed by atoms with E-state index in [4.69, 9.17) is 21.3 Å². The third-order valence-electron chi connectivity index (χ3n) is 7.01. The molecule has 4 aromatic rings. The highest BCUT2D eigenvalue weighted by atomic mass is 35.5. The first-order valence-corrected chi connectivity index (χ1v) is 15.4. The Bertz CT molecular complexity index is 1860. The number of aryl methyl sites for hydroxylation is 2. The number of carbonyl (C=O) groups is 1. The van der Waals surface area contributed by atoms with E-state index in [0.717, 1.165) is 23.8 Å². The van der Waals surface area contributed by atoms with E-state index in [2.05, 4.69) is 15.4 Å². The number of anilines is 2. The Labute approximate surface area is 247 Å². The Kier molecular flexibility index (Phi) is 7.86. The smallest absolute Gasteiger partial charge is 0.285 e. The number of ether oxygens (including phenoxy) is 1. The molecule has 2 N–H and O–H groups in total. The molecule has 5 rings (SSSR count). The van der Waals surface area contributed by atoms with Crippen LogP contribution in [0.15, 0.2) is 41.3 Å². The van der Waals surface area contributed by atoms with Crippen molar-refractivity contribution >= 4 is 50.1 Å². The summed E-state index contributed by atoms with van der Waals surface area (Å²) in [7, 11) is -0.315. The Morgan fingerprint density at radius 1 is 1.19 bits per heavy atom. The molecule has 1 aliphatic rings. The van der Waals surface area contributed by atoms with Gasteiger partial charge in [-0.15, -0.1) is 0 Å². The number of carbonyl (C=O) groups excluding carboxylic acids is 1. The van der Waals surface area contributed by atoms with E-state index in [1.807, 2.05) is 42.6 Å². The first-order chi connectivity index (χ1) is 19.8. The van der Waals surface area contributed by atoms with Crippen LogP contribution in [0.5, 0.6) is 5.88 Å². The fraction of sp³-hybridized carbons (Fsp3) is 0.370. The number of hydrogen-bond acceptors (Lipinski definition) is 10. The van der Waals surface area contributed by atoms with Gasteiger partial charge >= 0.3 is 0 Å². The van der Waals surface area contributed by atoms with Gasteiger partial charge in [0, 0.05) is 38.7 Å². The first-order valence-electron chi connectivity index (χ1n) is 13.2. The largest absolute Gasteiger partial charge is 0.473 e. The van der Waals surface area contributed by atoms with E-state index in [1.54, 1.807) is 34.6 Å². The molecule has 1 fully saturated rings. The van der Waals surface area contributed by atoms with Crippen LogP contribution >= 0.6 is 11.6 Å². The van der Waals surface area contributed by atoms with Crippen molar-refractivity contribution in [2.75, 3.05) is 29.6 Å². The molecule has 4 heterocycles. The molecule has 0 radical (unpaired) electrons. The number of benzene rings is 1. The monoisotopic (exact) mass is 614 g/mol. The van der Waals surface area contributed by atoms with E-state index in [-0.39, 0.29) is 28.2 Å². The third kappa shape index (κ3) is 6.04. The first kappa shape index (κ1) is 29.3. The molecule has 2 atom stereocenters. The summed E-state index contributed by atoms with van der Waals surface area (Å²) in [5, 5.41) is 7.86. The fourth-order valence-corrected chi connectivity index (χ4v) is 5.64. The van der Waals surface area contributed by atoms with Crippen molar-refractivity contribution in [1.82, 2.24) is 29.0 Å². The SMILES string of the molecule is Cc1cc([C@@H](C)Nc2ccc(Cl)nc2C(=O)NS(C)(=O)=O)c2nc(N3CC[C@@H](Oc4ccnn4C)C3)n(C)c(=O)c2c1. The van der Waals surface area contributed by atoms with Gasteiger partial charge in [0.2, 0.25) is 21.9 Å². The van der Waals surface area contributed by atoms with Gasteiger partial charge in [0.25, 0.3) is 11.5 Å². The van der Waals surface area contributed by atoms with Gasteiger partial charge in [-0.25, -0.2) is 27.8 Å². The molecule has 1 amide bonds. The molecule has 1 aliphatic heterocycles. The summed E-state index contributed by atoms with van der Waals surface area (Å²) >= 11 is 6.02. The van der Waals surface area contributed by atoms with Crippen LogP contribution in [0.1, 0.15) is 41.0 Å². The number of nitrogens with zero attached hydrogens (tertiary/aromatic N) is 6. The van der Waals surface area contributed by atoms with Crippen molar-refractivity contribution < 1.29 is 17.9 Å². The van der Waals surface area contributed by atoms with E-state index >= 15 is 0 Å². The second-order valence-corrected chi connectivity index (χ2v) is 12.5. The molecular weight excluding hydrogens is 584 g/mol. The van der Waals surface area contributed by atoms with Crippen molar-refractivity contribution in [2.45, 2.75) is 32.4 Å². The molecule has 0 bridgehead atoms. The molecule has 13 nitrogen and oxygen atoms in total. The number of amides is 1. The zero-order chi connectivity index (χ0) is 30.3. The molecular formula is C27H31ClN8O5S. The van der Waals surface area contributed by atoms with Gasteiger partial charge in [-0.2, -0.15) is 5.10 Å². The number of hydrogen-bond donors (Lipinski definition) is 2. The van der Waals surface area contributed by atoms with E-state index in [0.29, 0.717) is 35.8 Å². The van der Waals surface area contributed by atoms with Gasteiger partial charge in [0.05, 0.1) is 41.6 Å². The summed E-state index contributed by atoms with van der Waals surface area (Å²) in [4.78, 5) is 37.3. The molecule has 0 spiro atoms. The molecule has 0 saturated carbocycles. The highest BCUT2D eigenvalue weighted by molar-refractivity contribution is 7.89. The molecule has 1 aromatic carbocycles. The average molecular weight is 615 g/mol. The predicted octanol–water partition coefficient (Wildman–Crippen LogP) is 2.54. The maximum Gasteiger partial charge on any atom is 0.285 e. The van der Waals surface area contributed by atoms with Crippen LogP contribution in [0, 0.1) is 6.92 Å². The number of sulfonamides is 1. The molecule has 1 saturated heterocycles. The highest BCUT2D eigenvalue weighted by Crippen LogP contribution is 2.30. The summed E-state index contributed by atoms with van der Waals surface area (Å²) in [6.45, 7) is 4.94. The maximum absolute atomic E-state index is 13.6. The van der Waals surface area contributed by atoms with Gasteiger partial charge in [0.1, 0.15) is 11.3 Å². The Morgan fingerprint density at radius 3 is 2.64 bits per heavy atom. The van der Waals surface area contributed by atoms with Gasteiger partial charge in [-0.3, -0.25) is 14.2 Å². The van der Waals surface area contributed by atoms with Crippen molar-refractivity contribution in [3.05, 3.63) is 68.9 Å². The van der Waals surface area contributed by atoms with Gasteiger partial charge in [0.15, 0.2) is 5.69 Å². The van der Waals surface area contributed by atoms with Gasteiger partial charge in [-0.1, -0.05) is 17.7 Å². The second kappa shape index (κ2) is 11.2. The van der Waals surface area contributed by atoms with Crippen molar-refractivity contribution in [2.24, 2.45) is 14.1 Å². The molecule has 15 heteroatoms. The molecule has 222 valence electrons. The predicted molar refractivity (Wildman–Crippen MR) is 160 cm³/mol. The van der Waals surface area contributed by atoms with Crippen LogP contribution in [0.2, 0.25) is 5.15 Å². The average Bonchev–Trinajstić information content (AvgIpc) is 3.55. The number of pyridine rings is 1. The van der Waals surface area contributed by atoms with Gasteiger partial charge in [-0.05, 0) is 37.6 Å². The zero-order valence-corrected chi connectivity index (χ0v) is 25.3. The van der Waals surface area contributed by atoms with E-state index < -0.39 is 22.0 Å². The lowest BCUT2D eigenvalue weighted by Crippen LogP contribution is -2.32. The van der Waals surface area contributed by atoms with E-state index in [9.17, 15) is 18.0 Å². The summed E-state index contributed by atoms with van der Waals surface area (Å²) < 4.78 is 34.6. The number of fused-ring (bicyclic) bond motifs is 1. The summed E-state index contributed by atoms with van der Waals surface area (Å²) in [6, 6.07) is 8.11. The number of aromatic nitrogens is 5. The topological polar surface area (TPSA) is 153 Å². The van der Waals surface area contributed by atoms with Crippen LogP contribution in [0.4, 0.5) is 11.6 Å². The summed E-state index contributed by atoms with van der Waals surface area (Å²) in [5.74, 6) is 0.262. The van der Waals surface area contributed by atoms with Crippen molar-refractivity contribution in [3.8, 4) is 5.88 Å². The maximum atomic E-state index is 13.6. The zero-order valence-electron chi connectivity index (χ0n) is 23.8. The van der Waals surface area contributed by atoms with Crippen molar-refractivity contribution in [3.63, 3.8) is 0 Å². The van der Waals surface area contributed by atoms with E-state index in [1.165, 1.54) is 6.07 Å². The third-order valence-corrected chi connectivity index (χ3v) is 7.78. The summed E-state index contributed by atoms with van der Waals surface area (Å²) in [5.41, 5.74) is 1.98. The standard InChI is InChI=1S/C27H31ClN8O5S/c1-15-12-18(16(2)30-20-6-7-21(28)31-24(20)25(37)33-42(5,39)40)23-19(13-15)26(38)34(3)27(32-23)36-11-9-17(14-36)41-22-8-10-29-35(22)4/h6-8,10,12-13,16-17,30H,9,11,14H2,1-5H3,(H,33,37)/t16-,17-/m1/s1. The molecule has 0 aliphatic carbocycles. The van der Waals surface area contributed by atoms with Crippen LogP contribution < -0.4 is 25.2 Å².